The van der Waals surface area contributed by atoms with Crippen LogP contribution in [0.15, 0.2) is 22.6 Å². The monoisotopic (exact) mass is 232 g/mol. The van der Waals surface area contributed by atoms with Gasteiger partial charge in [0.05, 0.1) is 19.1 Å². The fourth-order valence-electron chi connectivity index (χ4n) is 2.12. The van der Waals surface area contributed by atoms with Crippen LogP contribution in [0, 0.1) is 6.92 Å². The van der Waals surface area contributed by atoms with Crippen LogP contribution in [0.3, 0.4) is 0 Å². The van der Waals surface area contributed by atoms with E-state index in [-0.39, 0.29) is 6.10 Å². The molecule has 0 saturated carbocycles. The number of morpholine rings is 1. The van der Waals surface area contributed by atoms with Crippen LogP contribution in [-0.2, 0) is 11.2 Å². The highest BCUT2D eigenvalue weighted by atomic mass is 16.5. The first kappa shape index (κ1) is 10.7. The van der Waals surface area contributed by atoms with Gasteiger partial charge >= 0.3 is 0 Å². The number of fused-ring (bicyclic) bond motifs is 1. The summed E-state index contributed by atoms with van der Waals surface area (Å²) in [5, 5.41) is 3.30. The quantitative estimate of drug-likeness (QED) is 0.855. The van der Waals surface area contributed by atoms with E-state index in [1.807, 2.05) is 18.2 Å². The van der Waals surface area contributed by atoms with E-state index in [2.05, 4.69) is 17.2 Å². The minimum absolute atomic E-state index is 0.179. The van der Waals surface area contributed by atoms with Gasteiger partial charge in [0.15, 0.2) is 11.5 Å². The maximum atomic E-state index is 5.71. The van der Waals surface area contributed by atoms with Crippen LogP contribution in [0.5, 0.6) is 0 Å². The van der Waals surface area contributed by atoms with Crippen molar-refractivity contribution in [3.63, 3.8) is 0 Å². The van der Waals surface area contributed by atoms with Gasteiger partial charge < -0.3 is 14.5 Å². The molecule has 0 spiro atoms. The zero-order valence-corrected chi connectivity index (χ0v) is 9.90. The lowest BCUT2D eigenvalue weighted by Gasteiger charge is -2.22. The average molecular weight is 232 g/mol. The molecule has 17 heavy (non-hydrogen) atoms. The molecule has 0 radical (unpaired) electrons. The van der Waals surface area contributed by atoms with E-state index in [4.69, 9.17) is 9.15 Å². The Kier molecular flexibility index (Phi) is 2.82. The molecule has 1 atom stereocenters. The fourth-order valence-corrected chi connectivity index (χ4v) is 2.12. The Morgan fingerprint density at radius 2 is 2.41 bits per heavy atom. The Morgan fingerprint density at radius 1 is 1.47 bits per heavy atom. The van der Waals surface area contributed by atoms with Gasteiger partial charge in [-0.3, -0.25) is 0 Å². The summed E-state index contributed by atoms with van der Waals surface area (Å²) >= 11 is 0. The van der Waals surface area contributed by atoms with E-state index in [9.17, 15) is 0 Å². The number of aromatic nitrogens is 1. The molecule has 1 saturated heterocycles. The van der Waals surface area contributed by atoms with Gasteiger partial charge in [-0.05, 0) is 24.6 Å². The van der Waals surface area contributed by atoms with Crippen molar-refractivity contribution in [2.45, 2.75) is 19.4 Å². The number of nitrogens with zero attached hydrogens (tertiary/aromatic N) is 1. The van der Waals surface area contributed by atoms with Crippen molar-refractivity contribution < 1.29 is 9.15 Å². The molecule has 90 valence electrons. The summed E-state index contributed by atoms with van der Waals surface area (Å²) in [6.45, 7) is 4.63. The van der Waals surface area contributed by atoms with Gasteiger partial charge in [-0.25, -0.2) is 4.98 Å². The first-order chi connectivity index (χ1) is 8.31. The Balaban J connectivity index is 1.80. The van der Waals surface area contributed by atoms with Gasteiger partial charge in [0.2, 0.25) is 0 Å². The summed E-state index contributed by atoms with van der Waals surface area (Å²) in [5.74, 6) is 0.763. The van der Waals surface area contributed by atoms with E-state index in [1.165, 1.54) is 5.56 Å². The van der Waals surface area contributed by atoms with Crippen molar-refractivity contribution in [1.82, 2.24) is 10.3 Å². The third-order valence-corrected chi connectivity index (χ3v) is 2.99. The molecule has 0 aliphatic carbocycles. The Hall–Kier alpha value is -1.39. The highest BCUT2D eigenvalue weighted by Crippen LogP contribution is 2.18. The molecule has 2 heterocycles. The first-order valence-electron chi connectivity index (χ1n) is 6.00. The molecule has 0 amide bonds. The van der Waals surface area contributed by atoms with Crippen LogP contribution in [0.25, 0.3) is 11.1 Å². The SMILES string of the molecule is Cc1ccc2oc(CC3CNCCO3)nc2c1. The zero-order chi connectivity index (χ0) is 11.7. The summed E-state index contributed by atoms with van der Waals surface area (Å²) in [5.41, 5.74) is 2.99. The van der Waals surface area contributed by atoms with Crippen molar-refractivity contribution in [2.24, 2.45) is 0 Å². The third-order valence-electron chi connectivity index (χ3n) is 2.99. The minimum Gasteiger partial charge on any atom is -0.441 e. The van der Waals surface area contributed by atoms with Crippen LogP contribution in [0.2, 0.25) is 0 Å². The highest BCUT2D eigenvalue weighted by molar-refractivity contribution is 5.73. The standard InChI is InChI=1S/C13H16N2O2/c1-9-2-3-12-11(6-9)15-13(17-12)7-10-8-14-4-5-16-10/h2-3,6,10,14H,4-5,7-8H2,1H3. The molecular formula is C13H16N2O2. The average Bonchev–Trinajstić information content (AvgIpc) is 2.71. The largest absolute Gasteiger partial charge is 0.441 e. The van der Waals surface area contributed by atoms with Gasteiger partial charge in [0, 0.05) is 13.1 Å². The fraction of sp³-hybridized carbons (Fsp3) is 0.462. The second kappa shape index (κ2) is 4.47. The van der Waals surface area contributed by atoms with Crippen LogP contribution in [-0.4, -0.2) is 30.8 Å². The van der Waals surface area contributed by atoms with E-state index < -0.39 is 0 Å². The van der Waals surface area contributed by atoms with Crippen LogP contribution >= 0.6 is 0 Å². The van der Waals surface area contributed by atoms with E-state index in [1.54, 1.807) is 0 Å². The Morgan fingerprint density at radius 3 is 3.24 bits per heavy atom. The van der Waals surface area contributed by atoms with Crippen molar-refractivity contribution in [3.8, 4) is 0 Å². The van der Waals surface area contributed by atoms with Gasteiger partial charge in [0.25, 0.3) is 0 Å². The first-order valence-corrected chi connectivity index (χ1v) is 6.00. The highest BCUT2D eigenvalue weighted by Gasteiger charge is 2.17. The lowest BCUT2D eigenvalue weighted by atomic mass is 10.2. The third kappa shape index (κ3) is 2.33. The summed E-state index contributed by atoms with van der Waals surface area (Å²) in [6.07, 6.45) is 0.915. The van der Waals surface area contributed by atoms with Crippen molar-refractivity contribution in [2.75, 3.05) is 19.7 Å². The molecule has 1 aromatic carbocycles. The number of aryl methyl sites for hydroxylation is 1. The normalized spacial score (nSPS) is 20.9. The summed E-state index contributed by atoms with van der Waals surface area (Å²) < 4.78 is 11.3. The van der Waals surface area contributed by atoms with Crippen LogP contribution in [0.4, 0.5) is 0 Å². The maximum Gasteiger partial charge on any atom is 0.198 e. The number of nitrogens with one attached hydrogen (secondary N) is 1. The topological polar surface area (TPSA) is 47.3 Å². The summed E-state index contributed by atoms with van der Waals surface area (Å²) in [7, 11) is 0. The van der Waals surface area contributed by atoms with Gasteiger partial charge in [0.1, 0.15) is 5.52 Å². The molecule has 1 unspecified atom stereocenters. The molecule has 1 aliphatic rings. The van der Waals surface area contributed by atoms with Crippen molar-refractivity contribution >= 4 is 11.1 Å². The van der Waals surface area contributed by atoms with Crippen LogP contribution < -0.4 is 5.32 Å². The molecule has 4 heteroatoms. The molecule has 4 nitrogen and oxygen atoms in total. The van der Waals surface area contributed by atoms with E-state index in [0.717, 1.165) is 43.1 Å². The zero-order valence-electron chi connectivity index (χ0n) is 9.90. The number of hydrogen-bond donors (Lipinski definition) is 1. The maximum absolute atomic E-state index is 5.71. The molecule has 1 N–H and O–H groups in total. The number of hydrogen-bond acceptors (Lipinski definition) is 4. The lowest BCUT2D eigenvalue weighted by molar-refractivity contribution is 0.0257. The predicted molar refractivity (Wildman–Crippen MR) is 65.1 cm³/mol. The second-order valence-corrected chi connectivity index (χ2v) is 4.48. The molecule has 0 bridgehead atoms. The molecule has 1 aliphatic heterocycles. The predicted octanol–water partition coefficient (Wildman–Crippen LogP) is 1.67. The number of oxazole rings is 1. The lowest BCUT2D eigenvalue weighted by Crippen LogP contribution is -2.39. The summed E-state index contributed by atoms with van der Waals surface area (Å²) in [6, 6.07) is 6.05. The van der Waals surface area contributed by atoms with Crippen molar-refractivity contribution in [1.29, 1.82) is 0 Å². The molecule has 2 aromatic rings. The molecule has 1 fully saturated rings. The molecule has 3 rings (SSSR count). The number of ether oxygens (including phenoxy) is 1. The van der Waals surface area contributed by atoms with Gasteiger partial charge in [-0.1, -0.05) is 6.07 Å². The smallest absolute Gasteiger partial charge is 0.198 e. The second-order valence-electron chi connectivity index (χ2n) is 4.48. The van der Waals surface area contributed by atoms with E-state index in [0.29, 0.717) is 0 Å². The Labute approximate surface area is 100.0 Å². The number of rotatable bonds is 2. The van der Waals surface area contributed by atoms with E-state index >= 15 is 0 Å². The summed E-state index contributed by atoms with van der Waals surface area (Å²) in [4.78, 5) is 4.49. The Bertz CT molecular complexity index is 515. The van der Waals surface area contributed by atoms with Crippen molar-refractivity contribution in [3.05, 3.63) is 29.7 Å². The van der Waals surface area contributed by atoms with Gasteiger partial charge in [-0.2, -0.15) is 0 Å². The minimum atomic E-state index is 0.179. The molecule has 1 aromatic heterocycles. The van der Waals surface area contributed by atoms with Gasteiger partial charge in [-0.15, -0.1) is 0 Å². The molecular weight excluding hydrogens is 216 g/mol. The number of benzene rings is 1. The van der Waals surface area contributed by atoms with Crippen LogP contribution in [0.1, 0.15) is 11.5 Å².